The van der Waals surface area contributed by atoms with Gasteiger partial charge in [-0.1, -0.05) is 303 Å². The molecular formula is C136H88N6OS2. The third kappa shape index (κ3) is 13.5. The van der Waals surface area contributed by atoms with Crippen molar-refractivity contribution in [2.75, 3.05) is 0 Å². The molecule has 0 saturated carbocycles. The SMILES string of the molecule is c1ccc(-c2cc(-c3ccccc3)nc(-c3ccc4c(c3)CCc3ccc5sc6ccccc6c5c3-4)n2)cc1.c1ccc(-n2c3ccc(-c4ccc(-n5c6ccccc6c6c7c(ccc65)CCc5ccccc5-7)cc4)cc3c3cc4oc5ccccc5c4cc32)cc1.c1ccc(-n2c3ccc(-c4ccc(-n5c6ccccc6c6c7c(ccc65)CCc5ccccc5-7)cc4)cc3c3cc4sc5ccccc5c4cc32)cc1. The first-order chi connectivity index (χ1) is 71.9. The lowest BCUT2D eigenvalue weighted by molar-refractivity contribution is 0.669. The summed E-state index contributed by atoms with van der Waals surface area (Å²) in [5.41, 5.74) is 43.2. The first-order valence-corrected chi connectivity index (χ1v) is 52.0. The van der Waals surface area contributed by atoms with E-state index < -0.39 is 0 Å². The van der Waals surface area contributed by atoms with Crippen LogP contribution in [0.1, 0.15) is 33.4 Å². The van der Waals surface area contributed by atoms with Gasteiger partial charge < -0.3 is 22.7 Å². The summed E-state index contributed by atoms with van der Waals surface area (Å²) in [4.78, 5) is 10.1. The van der Waals surface area contributed by atoms with Gasteiger partial charge in [0.2, 0.25) is 0 Å². The number of hydrogen-bond donors (Lipinski definition) is 0. The molecule has 9 heteroatoms. The van der Waals surface area contributed by atoms with Crippen LogP contribution in [0, 0.1) is 0 Å². The lowest BCUT2D eigenvalue weighted by Gasteiger charge is -2.22. The molecule has 29 aromatic rings. The first-order valence-electron chi connectivity index (χ1n) is 50.3. The molecule has 0 fully saturated rings. The number of para-hydroxylation sites is 5. The van der Waals surface area contributed by atoms with Crippen molar-refractivity contribution in [1.29, 1.82) is 0 Å². The molecule has 145 heavy (non-hydrogen) atoms. The smallest absolute Gasteiger partial charge is 0.160 e. The first kappa shape index (κ1) is 83.0. The largest absolute Gasteiger partial charge is 0.456 e. The van der Waals surface area contributed by atoms with E-state index in [1.165, 1.54) is 228 Å². The lowest BCUT2D eigenvalue weighted by atomic mass is 9.82. The van der Waals surface area contributed by atoms with E-state index >= 15 is 0 Å². The lowest BCUT2D eigenvalue weighted by Crippen LogP contribution is -2.05. The standard InChI is InChI=1S/C50H32N2O.C50H32N2S.C36H24N2S/c2*1-2-11-35(12-3-1)52-44-26-23-34(28-40(44)41-30-48-42(29-46(41)52)38-14-7-9-17-47(38)53-48)31-20-24-36(25-21-31)51-43-16-8-6-15-39(43)50-45(51)27-22-33-19-18-32-10-4-5-13-37(32)49(33)50;1-3-9-23(10-4-1)30-22-31(24-11-5-2-6-12-24)38-36(37-30)27-17-19-28-26(21-27)16-15-25-18-20-33-35(34(25)28)29-13-7-8-14-32(29)39-33/h2*1-17,20-30H,18-19H2;1-14,17-22H,15-16H2. The van der Waals surface area contributed by atoms with Crippen LogP contribution >= 0.6 is 22.7 Å². The van der Waals surface area contributed by atoms with Gasteiger partial charge in [0.25, 0.3) is 0 Å². The molecule has 8 aromatic heterocycles. The fraction of sp³-hybridized carbons (Fsp3) is 0.0441. The topological polar surface area (TPSA) is 58.6 Å². The van der Waals surface area contributed by atoms with Crippen LogP contribution in [-0.2, 0) is 38.5 Å². The van der Waals surface area contributed by atoms with Crippen molar-refractivity contribution < 1.29 is 4.42 Å². The Labute approximate surface area is 843 Å². The van der Waals surface area contributed by atoms with Crippen molar-refractivity contribution in [1.82, 2.24) is 28.2 Å². The van der Waals surface area contributed by atoms with Crippen LogP contribution in [0.4, 0.5) is 0 Å². The Hall–Kier alpha value is -17.9. The third-order valence-corrected chi connectivity index (χ3v) is 33.3. The zero-order valence-electron chi connectivity index (χ0n) is 79.0. The molecule has 0 saturated heterocycles. The number of rotatable bonds is 9. The molecule has 0 N–H and O–H groups in total. The van der Waals surface area contributed by atoms with Crippen LogP contribution < -0.4 is 0 Å². The quantitative estimate of drug-likeness (QED) is 0.145. The molecule has 0 amide bonds. The Kier molecular flexibility index (Phi) is 19.1. The van der Waals surface area contributed by atoms with E-state index in [9.17, 15) is 0 Å². The molecule has 32 rings (SSSR count). The van der Waals surface area contributed by atoms with Crippen LogP contribution in [0.25, 0.3) is 262 Å². The minimum atomic E-state index is 0.767. The fourth-order valence-electron chi connectivity index (χ4n) is 24.4. The minimum absolute atomic E-state index is 0.767. The number of fused-ring (bicyclic) bond motifs is 33. The zero-order chi connectivity index (χ0) is 95.0. The summed E-state index contributed by atoms with van der Waals surface area (Å²) in [6.07, 6.45) is 6.42. The Bertz CT molecular complexity index is 9890. The number of thiophene rings is 2. The van der Waals surface area contributed by atoms with E-state index in [-0.39, 0.29) is 0 Å². The number of nitrogens with zero attached hydrogens (tertiary/aromatic N) is 6. The molecule has 0 radical (unpaired) electrons. The van der Waals surface area contributed by atoms with Crippen molar-refractivity contribution in [3.05, 3.63) is 494 Å². The summed E-state index contributed by atoms with van der Waals surface area (Å²) in [6, 6.07) is 168. The van der Waals surface area contributed by atoms with Crippen LogP contribution in [0.5, 0.6) is 0 Å². The predicted molar refractivity (Wildman–Crippen MR) is 611 cm³/mol. The maximum atomic E-state index is 6.39. The summed E-state index contributed by atoms with van der Waals surface area (Å²) < 4.78 is 21.5. The summed E-state index contributed by atoms with van der Waals surface area (Å²) in [5, 5.41) is 18.0. The van der Waals surface area contributed by atoms with Gasteiger partial charge in [-0.15, -0.1) is 22.7 Å². The second-order valence-corrected chi connectivity index (χ2v) is 41.1. The zero-order valence-corrected chi connectivity index (χ0v) is 80.7. The molecule has 0 atom stereocenters. The number of aryl methyl sites for hydroxylation is 6. The van der Waals surface area contributed by atoms with Crippen LogP contribution in [-0.4, -0.2) is 28.2 Å². The Balaban J connectivity index is 0.000000102. The van der Waals surface area contributed by atoms with E-state index in [0.717, 1.165) is 106 Å². The highest BCUT2D eigenvalue weighted by molar-refractivity contribution is 7.26. The van der Waals surface area contributed by atoms with Crippen molar-refractivity contribution in [3.8, 4) is 112 Å². The molecule has 21 aromatic carbocycles. The van der Waals surface area contributed by atoms with Crippen LogP contribution in [0.2, 0.25) is 0 Å². The van der Waals surface area contributed by atoms with Gasteiger partial charge in [0.1, 0.15) is 11.2 Å². The van der Waals surface area contributed by atoms with Crippen LogP contribution in [0.3, 0.4) is 0 Å². The number of furan rings is 1. The minimum Gasteiger partial charge on any atom is -0.456 e. The summed E-state index contributed by atoms with van der Waals surface area (Å²) in [5.74, 6) is 0.767. The molecule has 0 aliphatic heterocycles. The van der Waals surface area contributed by atoms with Gasteiger partial charge in [0.05, 0.1) is 55.5 Å². The van der Waals surface area contributed by atoms with E-state index in [1.807, 2.05) is 40.9 Å². The average molecular weight is 1890 g/mol. The van der Waals surface area contributed by atoms with Gasteiger partial charge in [-0.3, -0.25) is 0 Å². The van der Waals surface area contributed by atoms with Crippen LogP contribution in [0.15, 0.2) is 465 Å². The monoisotopic (exact) mass is 1880 g/mol. The number of benzene rings is 21. The summed E-state index contributed by atoms with van der Waals surface area (Å²) in [6.45, 7) is 0. The van der Waals surface area contributed by atoms with Crippen molar-refractivity contribution >= 4 is 172 Å². The Morgan fingerprint density at radius 3 is 1.14 bits per heavy atom. The van der Waals surface area contributed by atoms with Crippen molar-refractivity contribution in [2.24, 2.45) is 0 Å². The molecule has 3 aliphatic rings. The molecule has 7 nitrogen and oxygen atoms in total. The maximum Gasteiger partial charge on any atom is 0.160 e. The van der Waals surface area contributed by atoms with Crippen molar-refractivity contribution in [3.63, 3.8) is 0 Å². The number of aromatic nitrogens is 6. The van der Waals surface area contributed by atoms with Gasteiger partial charge in [-0.2, -0.15) is 0 Å². The third-order valence-electron chi connectivity index (χ3n) is 31.0. The van der Waals surface area contributed by atoms with Gasteiger partial charge in [-0.05, 0) is 285 Å². The summed E-state index contributed by atoms with van der Waals surface area (Å²) in [7, 11) is 0. The normalized spacial score (nSPS) is 12.7. The molecular weight excluding hydrogens is 1800 g/mol. The number of hydrogen-bond acceptors (Lipinski definition) is 5. The van der Waals surface area contributed by atoms with E-state index in [1.54, 1.807) is 0 Å². The van der Waals surface area contributed by atoms with Gasteiger partial charge in [0, 0.05) is 134 Å². The molecule has 0 unspecified atom stereocenters. The fourth-order valence-corrected chi connectivity index (χ4v) is 26.6. The van der Waals surface area contributed by atoms with Gasteiger partial charge in [-0.25, -0.2) is 9.97 Å². The highest BCUT2D eigenvalue weighted by Gasteiger charge is 2.30. The van der Waals surface area contributed by atoms with E-state index in [0.29, 0.717) is 0 Å². The molecule has 680 valence electrons. The summed E-state index contributed by atoms with van der Waals surface area (Å²) >= 11 is 3.77. The van der Waals surface area contributed by atoms with E-state index in [4.69, 9.17) is 14.4 Å². The average Bonchev–Trinajstić information content (AvgIpc) is 1.57. The maximum absolute atomic E-state index is 6.39. The second kappa shape index (κ2) is 33.4. The Morgan fingerprint density at radius 1 is 0.186 bits per heavy atom. The van der Waals surface area contributed by atoms with E-state index in [2.05, 4.69) is 461 Å². The molecule has 0 bridgehead atoms. The van der Waals surface area contributed by atoms with Gasteiger partial charge >= 0.3 is 0 Å². The molecule has 3 aliphatic carbocycles. The highest BCUT2D eigenvalue weighted by atomic mass is 32.1. The highest BCUT2D eigenvalue weighted by Crippen LogP contribution is 2.52. The molecule has 0 spiro atoms. The van der Waals surface area contributed by atoms with Crippen molar-refractivity contribution in [2.45, 2.75) is 38.5 Å². The van der Waals surface area contributed by atoms with Gasteiger partial charge in [0.15, 0.2) is 5.82 Å². The Morgan fingerprint density at radius 2 is 0.572 bits per heavy atom. The predicted octanol–water partition coefficient (Wildman–Crippen LogP) is 36.5. The second-order valence-electron chi connectivity index (χ2n) is 39.0. The molecule has 8 heterocycles.